The number of ether oxygens (including phenoxy) is 1. The van der Waals surface area contributed by atoms with Gasteiger partial charge in [0.25, 0.3) is 5.91 Å². The number of halogens is 2. The highest BCUT2D eigenvalue weighted by molar-refractivity contribution is 5.95. The Morgan fingerprint density at radius 1 is 1.12 bits per heavy atom. The van der Waals surface area contributed by atoms with Crippen molar-refractivity contribution in [2.24, 2.45) is 0 Å². The Morgan fingerprint density at radius 2 is 1.88 bits per heavy atom. The zero-order valence-corrected chi connectivity index (χ0v) is 13.2. The summed E-state index contributed by atoms with van der Waals surface area (Å²) in [6, 6.07) is 9.45. The molecule has 0 aromatic heterocycles. The molecular weight excluding hydrogens is 318 g/mol. The highest BCUT2D eigenvalue weighted by atomic mass is 19.1. The number of carbonyl (C=O) groups is 2. The lowest BCUT2D eigenvalue weighted by atomic mass is 10.2. The van der Waals surface area contributed by atoms with Crippen molar-refractivity contribution in [1.82, 2.24) is 0 Å². The highest BCUT2D eigenvalue weighted by Crippen LogP contribution is 2.16. The van der Waals surface area contributed by atoms with E-state index in [1.807, 2.05) is 25.1 Å². The van der Waals surface area contributed by atoms with E-state index < -0.39 is 30.1 Å². The second-order valence-electron chi connectivity index (χ2n) is 5.19. The van der Waals surface area contributed by atoms with Crippen LogP contribution < -0.4 is 10.2 Å². The lowest BCUT2D eigenvalue weighted by Crippen LogP contribution is -2.21. The molecule has 0 radical (unpaired) electrons. The van der Waals surface area contributed by atoms with Crippen molar-refractivity contribution >= 4 is 23.3 Å². The number of hydrogen-bond acceptors (Lipinski definition) is 4. The van der Waals surface area contributed by atoms with Crippen LogP contribution in [0.1, 0.15) is 10.4 Å². The highest BCUT2D eigenvalue weighted by Gasteiger charge is 2.13. The minimum atomic E-state index is -0.909. The van der Waals surface area contributed by atoms with Gasteiger partial charge < -0.3 is 15.0 Å². The number of carbonyl (C=O) groups excluding carboxylic acids is 2. The zero-order valence-electron chi connectivity index (χ0n) is 13.2. The van der Waals surface area contributed by atoms with Crippen LogP contribution in [0, 0.1) is 11.6 Å². The summed E-state index contributed by atoms with van der Waals surface area (Å²) >= 11 is 0. The molecule has 5 nitrogen and oxygen atoms in total. The fraction of sp³-hybridized carbons (Fsp3) is 0.176. The minimum Gasteiger partial charge on any atom is -0.452 e. The molecule has 0 unspecified atom stereocenters. The second-order valence-corrected chi connectivity index (χ2v) is 5.19. The van der Waals surface area contributed by atoms with Crippen molar-refractivity contribution < 1.29 is 23.1 Å². The lowest BCUT2D eigenvalue weighted by molar-refractivity contribution is -0.119. The molecule has 0 aliphatic rings. The third-order valence-corrected chi connectivity index (χ3v) is 3.14. The third kappa shape index (κ3) is 4.52. The number of hydrogen-bond donors (Lipinski definition) is 1. The Morgan fingerprint density at radius 3 is 2.54 bits per heavy atom. The van der Waals surface area contributed by atoms with E-state index in [-0.39, 0.29) is 5.69 Å². The SMILES string of the molecule is CN(C)c1cccc(C(=O)OCC(=O)Nc2ccc(F)cc2F)c1. The predicted molar refractivity (Wildman–Crippen MR) is 86.0 cm³/mol. The molecular formula is C17H16F2N2O3. The molecule has 0 spiro atoms. The van der Waals surface area contributed by atoms with Crippen LogP contribution in [0.3, 0.4) is 0 Å². The molecule has 0 heterocycles. The number of nitrogens with zero attached hydrogens (tertiary/aromatic N) is 1. The normalized spacial score (nSPS) is 10.2. The number of anilines is 2. The first-order valence-corrected chi connectivity index (χ1v) is 7.06. The van der Waals surface area contributed by atoms with Crippen LogP contribution >= 0.6 is 0 Å². The second kappa shape index (κ2) is 7.54. The summed E-state index contributed by atoms with van der Waals surface area (Å²) in [5.41, 5.74) is 0.913. The molecule has 2 aromatic carbocycles. The number of rotatable bonds is 5. The van der Waals surface area contributed by atoms with Crippen LogP contribution in [0.4, 0.5) is 20.2 Å². The maximum atomic E-state index is 13.4. The van der Waals surface area contributed by atoms with Gasteiger partial charge in [-0.25, -0.2) is 13.6 Å². The molecule has 2 rings (SSSR count). The smallest absolute Gasteiger partial charge is 0.338 e. The molecule has 7 heteroatoms. The maximum Gasteiger partial charge on any atom is 0.338 e. The first kappa shape index (κ1) is 17.4. The van der Waals surface area contributed by atoms with Gasteiger partial charge in [0.1, 0.15) is 11.6 Å². The summed E-state index contributed by atoms with van der Waals surface area (Å²) in [6.45, 7) is -0.582. The summed E-state index contributed by atoms with van der Waals surface area (Å²) in [5, 5.41) is 2.21. The van der Waals surface area contributed by atoms with E-state index in [9.17, 15) is 18.4 Å². The minimum absolute atomic E-state index is 0.188. The molecule has 24 heavy (non-hydrogen) atoms. The Hall–Kier alpha value is -2.96. The molecule has 0 fully saturated rings. The molecule has 0 aliphatic heterocycles. The van der Waals surface area contributed by atoms with E-state index in [2.05, 4.69) is 5.32 Å². The van der Waals surface area contributed by atoms with Gasteiger partial charge in [-0.15, -0.1) is 0 Å². The lowest BCUT2D eigenvalue weighted by Gasteiger charge is -2.13. The Labute approximate surface area is 137 Å². The van der Waals surface area contributed by atoms with Gasteiger partial charge >= 0.3 is 5.97 Å². The number of esters is 1. The van der Waals surface area contributed by atoms with Gasteiger partial charge in [0, 0.05) is 25.8 Å². The summed E-state index contributed by atoms with van der Waals surface area (Å²) in [7, 11) is 3.66. The first-order valence-electron chi connectivity index (χ1n) is 7.06. The first-order chi connectivity index (χ1) is 11.4. The van der Waals surface area contributed by atoms with Crippen LogP contribution in [0.25, 0.3) is 0 Å². The quantitative estimate of drug-likeness (QED) is 0.854. The molecule has 0 aliphatic carbocycles. The fourth-order valence-electron chi connectivity index (χ4n) is 1.90. The van der Waals surface area contributed by atoms with E-state index in [1.54, 1.807) is 18.2 Å². The van der Waals surface area contributed by atoms with Gasteiger partial charge in [-0.2, -0.15) is 0 Å². The van der Waals surface area contributed by atoms with E-state index in [1.165, 1.54) is 0 Å². The molecule has 0 atom stereocenters. The van der Waals surface area contributed by atoms with Crippen LogP contribution in [0.5, 0.6) is 0 Å². The van der Waals surface area contributed by atoms with Crippen LogP contribution in [0.15, 0.2) is 42.5 Å². The van der Waals surface area contributed by atoms with Crippen molar-refractivity contribution in [2.45, 2.75) is 0 Å². The Bertz CT molecular complexity index is 763. The number of amides is 1. The van der Waals surface area contributed by atoms with Gasteiger partial charge in [0.05, 0.1) is 11.3 Å². The standard InChI is InChI=1S/C17H16F2N2O3/c1-21(2)13-5-3-4-11(8-13)17(23)24-10-16(22)20-15-7-6-12(18)9-14(15)19/h3-9H,10H2,1-2H3,(H,20,22). The van der Waals surface area contributed by atoms with Crippen molar-refractivity contribution in [3.05, 3.63) is 59.7 Å². The van der Waals surface area contributed by atoms with Gasteiger partial charge in [-0.05, 0) is 30.3 Å². The van der Waals surface area contributed by atoms with Crippen molar-refractivity contribution in [2.75, 3.05) is 30.9 Å². The summed E-state index contributed by atoms with van der Waals surface area (Å²) in [6.07, 6.45) is 0. The summed E-state index contributed by atoms with van der Waals surface area (Å²) < 4.78 is 31.1. The van der Waals surface area contributed by atoms with Crippen molar-refractivity contribution in [3.8, 4) is 0 Å². The van der Waals surface area contributed by atoms with E-state index >= 15 is 0 Å². The Kier molecular flexibility index (Phi) is 5.47. The van der Waals surface area contributed by atoms with Crippen molar-refractivity contribution in [3.63, 3.8) is 0 Å². The summed E-state index contributed by atoms with van der Waals surface area (Å²) in [4.78, 5) is 25.5. The average Bonchev–Trinajstić information content (AvgIpc) is 2.55. The molecule has 0 saturated heterocycles. The topological polar surface area (TPSA) is 58.6 Å². The maximum absolute atomic E-state index is 13.4. The van der Waals surface area contributed by atoms with E-state index in [0.29, 0.717) is 11.6 Å². The van der Waals surface area contributed by atoms with Gasteiger partial charge in [0.15, 0.2) is 6.61 Å². The molecule has 0 bridgehead atoms. The van der Waals surface area contributed by atoms with E-state index in [0.717, 1.165) is 17.8 Å². The number of benzene rings is 2. The summed E-state index contributed by atoms with van der Waals surface area (Å²) in [5.74, 6) is -3.06. The van der Waals surface area contributed by atoms with Crippen molar-refractivity contribution in [1.29, 1.82) is 0 Å². The van der Waals surface area contributed by atoms with Gasteiger partial charge in [0.2, 0.25) is 0 Å². The van der Waals surface area contributed by atoms with Crippen LogP contribution in [-0.4, -0.2) is 32.6 Å². The molecule has 126 valence electrons. The van der Waals surface area contributed by atoms with Crippen LogP contribution in [0.2, 0.25) is 0 Å². The molecule has 1 amide bonds. The zero-order chi connectivity index (χ0) is 17.7. The van der Waals surface area contributed by atoms with Gasteiger partial charge in [-0.3, -0.25) is 4.79 Å². The molecule has 0 saturated carbocycles. The average molecular weight is 334 g/mol. The fourth-order valence-corrected chi connectivity index (χ4v) is 1.90. The van der Waals surface area contributed by atoms with Crippen LogP contribution in [-0.2, 0) is 9.53 Å². The van der Waals surface area contributed by atoms with Gasteiger partial charge in [-0.1, -0.05) is 6.07 Å². The predicted octanol–water partition coefficient (Wildman–Crippen LogP) is 2.83. The molecule has 1 N–H and O–H groups in total. The Balaban J connectivity index is 1.93. The van der Waals surface area contributed by atoms with E-state index in [4.69, 9.17) is 4.74 Å². The third-order valence-electron chi connectivity index (χ3n) is 3.14. The monoisotopic (exact) mass is 334 g/mol. The number of nitrogens with one attached hydrogen (secondary N) is 1. The molecule has 2 aromatic rings. The largest absolute Gasteiger partial charge is 0.452 e.